The third-order valence-corrected chi connectivity index (χ3v) is 11.3. The van der Waals surface area contributed by atoms with Crippen LogP contribution in [0, 0.1) is 17.1 Å². The Kier molecular flexibility index (Phi) is 8.79. The van der Waals surface area contributed by atoms with Crippen molar-refractivity contribution in [2.45, 2.75) is 76.9 Å². The number of H-pyrrole nitrogens is 1. The Bertz CT molecular complexity index is 2490. The third kappa shape index (κ3) is 6.47. The zero-order valence-electron chi connectivity index (χ0n) is 31.1. The van der Waals surface area contributed by atoms with Crippen LogP contribution in [-0.2, 0) is 23.6 Å². The summed E-state index contributed by atoms with van der Waals surface area (Å²) in [5.74, 6) is 0.622. The fourth-order valence-corrected chi connectivity index (χ4v) is 8.17. The number of nitrogens with zero attached hydrogens (tertiary/aromatic N) is 5. The molecule has 2 unspecified atom stereocenters. The molecule has 3 aliphatic heterocycles. The molecule has 2 aromatic heterocycles. The van der Waals surface area contributed by atoms with Gasteiger partial charge in [-0.15, -0.1) is 0 Å². The number of carbonyl (C=O) groups is 1. The van der Waals surface area contributed by atoms with E-state index in [4.69, 9.17) is 19.2 Å². The predicted molar refractivity (Wildman–Crippen MR) is 206 cm³/mol. The zero-order chi connectivity index (χ0) is 37.8. The summed E-state index contributed by atoms with van der Waals surface area (Å²) in [5.41, 5.74) is 6.50. The van der Waals surface area contributed by atoms with E-state index in [0.717, 1.165) is 84.5 Å². The fraction of sp³-hybridized carbons (Fsp3) is 0.349. The summed E-state index contributed by atoms with van der Waals surface area (Å²) in [6.45, 7) is 9.80. The van der Waals surface area contributed by atoms with Crippen molar-refractivity contribution in [1.82, 2.24) is 24.6 Å². The highest BCUT2D eigenvalue weighted by Gasteiger charge is 2.43. The molecule has 4 aromatic carbocycles. The first-order valence-corrected chi connectivity index (χ1v) is 19.0. The Balaban J connectivity index is 0.905. The molecule has 5 heterocycles. The van der Waals surface area contributed by atoms with Gasteiger partial charge in [0.2, 0.25) is 0 Å². The van der Waals surface area contributed by atoms with Gasteiger partial charge in [0.1, 0.15) is 11.6 Å². The molecule has 6 aromatic rings. The number of anilines is 1. The van der Waals surface area contributed by atoms with Gasteiger partial charge in [-0.25, -0.2) is 9.37 Å². The lowest BCUT2D eigenvalue weighted by Gasteiger charge is -2.33. The predicted octanol–water partition coefficient (Wildman–Crippen LogP) is 8.11. The largest absolute Gasteiger partial charge is 0.444 e. The minimum absolute atomic E-state index is 0.153. The third-order valence-electron chi connectivity index (χ3n) is 11.3. The van der Waals surface area contributed by atoms with Gasteiger partial charge < -0.3 is 24.1 Å². The van der Waals surface area contributed by atoms with E-state index in [1.165, 1.54) is 6.07 Å². The number of piperidine rings is 1. The van der Waals surface area contributed by atoms with E-state index in [-0.39, 0.29) is 35.0 Å². The molecule has 0 spiro atoms. The number of ether oxygens (including phenoxy) is 3. The van der Waals surface area contributed by atoms with Gasteiger partial charge in [0, 0.05) is 35.7 Å². The second-order valence-electron chi connectivity index (χ2n) is 15.3. The smallest absolute Gasteiger partial charge is 0.278 e. The molecule has 55 heavy (non-hydrogen) atoms. The maximum absolute atomic E-state index is 15.1. The van der Waals surface area contributed by atoms with E-state index in [1.54, 1.807) is 19.1 Å². The van der Waals surface area contributed by atoms with E-state index in [1.807, 2.05) is 54.6 Å². The number of nitriles is 1. The molecule has 2 fully saturated rings. The second-order valence-corrected chi connectivity index (χ2v) is 15.3. The van der Waals surface area contributed by atoms with Crippen molar-refractivity contribution >= 4 is 33.5 Å². The highest BCUT2D eigenvalue weighted by molar-refractivity contribution is 6.07. The molecule has 0 aliphatic carbocycles. The number of nitrogens with one attached hydrogen (secondary N) is 2. The molecule has 2 atom stereocenters. The van der Waals surface area contributed by atoms with Gasteiger partial charge >= 0.3 is 0 Å². The van der Waals surface area contributed by atoms with Gasteiger partial charge in [0.15, 0.2) is 11.5 Å². The highest BCUT2D eigenvalue weighted by atomic mass is 19.1. The topological polar surface area (TPSA) is 130 Å². The molecule has 0 bridgehead atoms. The van der Waals surface area contributed by atoms with Crippen LogP contribution >= 0.6 is 0 Å². The molecule has 2 saturated heterocycles. The average Bonchev–Trinajstić information content (AvgIpc) is 3.85. The van der Waals surface area contributed by atoms with Crippen LogP contribution in [0.25, 0.3) is 21.9 Å². The van der Waals surface area contributed by atoms with Gasteiger partial charge in [-0.1, -0.05) is 26.0 Å². The molecule has 1 amide bonds. The first-order chi connectivity index (χ1) is 26.7. The number of hydrogen-bond acceptors (Lipinski definition) is 8. The Hall–Kier alpha value is -5.77. The van der Waals surface area contributed by atoms with Crippen LogP contribution in [0.15, 0.2) is 72.8 Å². The number of amides is 1. The lowest BCUT2D eigenvalue weighted by molar-refractivity contribution is -0.0712. The number of rotatable bonds is 9. The number of aromatic amines is 1. The highest BCUT2D eigenvalue weighted by Crippen LogP contribution is 2.50. The molecule has 12 heteroatoms. The summed E-state index contributed by atoms with van der Waals surface area (Å²) in [5, 5.41) is 20.7. The van der Waals surface area contributed by atoms with Crippen molar-refractivity contribution < 1.29 is 23.4 Å². The summed E-state index contributed by atoms with van der Waals surface area (Å²) >= 11 is 0. The SMILES string of the molecule is CC(C)c1n[nH]c2ccc(C(=O)Nc3ccc4c(c3)nc(CN3CCC(c5cccc6c5OC(C)(c5ccc(C#N)cc5F)O6)CC3)n4CC3CCO3)cc12. The van der Waals surface area contributed by atoms with Crippen LogP contribution in [0.1, 0.15) is 90.4 Å². The van der Waals surface area contributed by atoms with Gasteiger partial charge in [-0.2, -0.15) is 10.4 Å². The van der Waals surface area contributed by atoms with Crippen LogP contribution in [-0.4, -0.2) is 56.4 Å². The summed E-state index contributed by atoms with van der Waals surface area (Å²) in [6, 6.07) is 23.8. The maximum atomic E-state index is 15.1. The van der Waals surface area contributed by atoms with E-state index in [9.17, 15) is 10.1 Å². The van der Waals surface area contributed by atoms with E-state index < -0.39 is 11.6 Å². The van der Waals surface area contributed by atoms with Crippen LogP contribution < -0.4 is 14.8 Å². The number of imidazole rings is 1. The summed E-state index contributed by atoms with van der Waals surface area (Å²) in [7, 11) is 0. The monoisotopic (exact) mass is 739 g/mol. The van der Waals surface area contributed by atoms with Crippen molar-refractivity contribution in [3.8, 4) is 17.6 Å². The Morgan fingerprint density at radius 1 is 1.07 bits per heavy atom. The van der Waals surface area contributed by atoms with E-state index in [2.05, 4.69) is 44.9 Å². The molecular weight excluding hydrogens is 698 g/mol. The van der Waals surface area contributed by atoms with Gasteiger partial charge in [0.25, 0.3) is 11.7 Å². The van der Waals surface area contributed by atoms with Crippen LogP contribution in [0.4, 0.5) is 10.1 Å². The lowest BCUT2D eigenvalue weighted by Crippen LogP contribution is -2.35. The van der Waals surface area contributed by atoms with Crippen molar-refractivity contribution in [3.63, 3.8) is 0 Å². The quantitative estimate of drug-likeness (QED) is 0.152. The minimum Gasteiger partial charge on any atom is -0.444 e. The van der Waals surface area contributed by atoms with Crippen LogP contribution in [0.5, 0.6) is 11.5 Å². The summed E-state index contributed by atoms with van der Waals surface area (Å²) in [4.78, 5) is 21.0. The van der Waals surface area contributed by atoms with Gasteiger partial charge in [0.05, 0.1) is 58.6 Å². The molecule has 0 saturated carbocycles. The normalized spacial score (nSPS) is 19.9. The zero-order valence-corrected chi connectivity index (χ0v) is 31.1. The summed E-state index contributed by atoms with van der Waals surface area (Å²) in [6.07, 6.45) is 2.99. The van der Waals surface area contributed by atoms with Crippen LogP contribution in [0.3, 0.4) is 0 Å². The molecular formula is C43H42FN7O4. The lowest BCUT2D eigenvalue weighted by atomic mass is 9.88. The Labute approximate surface area is 318 Å². The number of carbonyl (C=O) groups excluding carboxylic acids is 1. The number of fused-ring (bicyclic) bond motifs is 3. The number of para-hydroxylation sites is 1. The van der Waals surface area contributed by atoms with Crippen molar-refractivity contribution in [3.05, 3.63) is 112 Å². The van der Waals surface area contributed by atoms with Crippen molar-refractivity contribution in [2.75, 3.05) is 25.0 Å². The standard InChI is InChI=1S/C43H42FN7O4/c1-25(2)40-32-20-28(8-11-35(32)48-49-40)42(52)46-29-9-12-37-36(21-29)47-39(51(37)23-30-15-18-53-30)24-50-16-13-27(14-17-50)31-5-4-6-38-41(31)55-43(3,54-38)33-10-7-26(22-45)19-34(33)44/h4-12,19-21,25,27,30H,13-18,23-24H2,1-3H3,(H,46,52)(H,48,49). The molecule has 3 aliphatic rings. The van der Waals surface area contributed by atoms with Crippen LogP contribution in [0.2, 0.25) is 0 Å². The van der Waals surface area contributed by atoms with Crippen molar-refractivity contribution in [2.24, 2.45) is 0 Å². The first-order valence-electron chi connectivity index (χ1n) is 19.0. The van der Waals surface area contributed by atoms with E-state index in [0.29, 0.717) is 29.3 Å². The number of halogens is 1. The number of hydrogen-bond donors (Lipinski definition) is 2. The molecule has 280 valence electrons. The molecule has 0 radical (unpaired) electrons. The fourth-order valence-electron chi connectivity index (χ4n) is 8.17. The van der Waals surface area contributed by atoms with Gasteiger partial charge in [-0.05, 0) is 105 Å². The maximum Gasteiger partial charge on any atom is 0.278 e. The second kappa shape index (κ2) is 13.8. The number of likely N-dealkylation sites (tertiary alicyclic amines) is 1. The Morgan fingerprint density at radius 2 is 1.91 bits per heavy atom. The molecule has 2 N–H and O–H groups in total. The Morgan fingerprint density at radius 3 is 2.65 bits per heavy atom. The first kappa shape index (κ1) is 35.0. The molecule has 9 rings (SSSR count). The molecule has 11 nitrogen and oxygen atoms in total. The number of aromatic nitrogens is 4. The van der Waals surface area contributed by atoms with Gasteiger partial charge in [-0.3, -0.25) is 14.8 Å². The average molecular weight is 740 g/mol. The minimum atomic E-state index is -1.34. The number of benzene rings is 4. The van der Waals surface area contributed by atoms with Crippen molar-refractivity contribution in [1.29, 1.82) is 5.26 Å². The van der Waals surface area contributed by atoms with E-state index >= 15 is 4.39 Å². The summed E-state index contributed by atoms with van der Waals surface area (Å²) < 4.78 is 35.8.